The third kappa shape index (κ3) is 1.12. The van der Waals surface area contributed by atoms with E-state index >= 15 is 0 Å². The van der Waals surface area contributed by atoms with Crippen molar-refractivity contribution in [3.05, 3.63) is 18.0 Å². The minimum Gasteiger partial charge on any atom is -0.315 e. The summed E-state index contributed by atoms with van der Waals surface area (Å²) in [6.45, 7) is 2.33. The molecule has 1 aliphatic carbocycles. The maximum atomic E-state index is 4.07. The van der Waals surface area contributed by atoms with Crippen LogP contribution in [0.3, 0.4) is 0 Å². The fourth-order valence-electron chi connectivity index (χ4n) is 3.31. The predicted molar refractivity (Wildman–Crippen MR) is 55.1 cm³/mol. The molecule has 1 aromatic rings. The largest absolute Gasteiger partial charge is 0.315 e. The molecule has 0 amide bonds. The van der Waals surface area contributed by atoms with Gasteiger partial charge in [0.2, 0.25) is 0 Å². The van der Waals surface area contributed by atoms with Crippen molar-refractivity contribution in [2.45, 2.75) is 31.6 Å². The van der Waals surface area contributed by atoms with Gasteiger partial charge in [-0.25, -0.2) is 0 Å². The zero-order valence-electron chi connectivity index (χ0n) is 8.42. The van der Waals surface area contributed by atoms with E-state index < -0.39 is 0 Å². The Morgan fingerprint density at radius 2 is 2.21 bits per heavy atom. The summed E-state index contributed by atoms with van der Waals surface area (Å²) in [5.74, 6) is 0.674. The average Bonchev–Trinajstić information content (AvgIpc) is 2.91. The Kier molecular flexibility index (Phi) is 1.87. The summed E-state index contributed by atoms with van der Waals surface area (Å²) < 4.78 is 0. The van der Waals surface area contributed by atoms with Crippen LogP contribution < -0.4 is 5.32 Å². The molecule has 1 saturated carbocycles. The van der Waals surface area contributed by atoms with E-state index in [-0.39, 0.29) is 0 Å². The standard InChI is InChI=1S/C11H17N3/c1-2-5-11(4-1)8-12-7-9(11)10-3-6-13-14-10/h3,6,9,12H,1-2,4-5,7-8H2,(H,13,14)/t9-/m1/s1. The first-order valence-corrected chi connectivity index (χ1v) is 5.61. The molecule has 1 aromatic heterocycles. The fourth-order valence-corrected chi connectivity index (χ4v) is 3.31. The zero-order chi connectivity index (χ0) is 9.43. The van der Waals surface area contributed by atoms with Crippen LogP contribution in [0.1, 0.15) is 37.3 Å². The summed E-state index contributed by atoms with van der Waals surface area (Å²) in [6, 6.07) is 2.14. The third-order valence-electron chi connectivity index (χ3n) is 4.06. The molecule has 3 nitrogen and oxygen atoms in total. The molecular formula is C11H17N3. The molecule has 2 aliphatic rings. The van der Waals surface area contributed by atoms with Crippen LogP contribution in [0.5, 0.6) is 0 Å². The van der Waals surface area contributed by atoms with E-state index in [9.17, 15) is 0 Å². The van der Waals surface area contributed by atoms with Gasteiger partial charge >= 0.3 is 0 Å². The van der Waals surface area contributed by atoms with Gasteiger partial charge in [-0.05, 0) is 24.3 Å². The van der Waals surface area contributed by atoms with Gasteiger partial charge in [0, 0.05) is 30.9 Å². The highest BCUT2D eigenvalue weighted by Crippen LogP contribution is 2.50. The number of nitrogens with one attached hydrogen (secondary N) is 2. The first-order chi connectivity index (χ1) is 6.91. The number of aromatic amines is 1. The quantitative estimate of drug-likeness (QED) is 0.708. The molecule has 0 unspecified atom stereocenters. The minimum absolute atomic E-state index is 0.548. The molecule has 0 bridgehead atoms. The lowest BCUT2D eigenvalue weighted by Gasteiger charge is -2.28. The second kappa shape index (κ2) is 3.09. The molecule has 3 heteroatoms. The summed E-state index contributed by atoms with van der Waals surface area (Å²) >= 11 is 0. The second-order valence-corrected chi connectivity index (χ2v) is 4.76. The van der Waals surface area contributed by atoms with E-state index in [1.165, 1.54) is 37.9 Å². The fraction of sp³-hybridized carbons (Fsp3) is 0.727. The Morgan fingerprint density at radius 3 is 2.93 bits per heavy atom. The van der Waals surface area contributed by atoms with Crippen molar-refractivity contribution >= 4 is 0 Å². The second-order valence-electron chi connectivity index (χ2n) is 4.76. The van der Waals surface area contributed by atoms with Crippen LogP contribution in [0.2, 0.25) is 0 Å². The van der Waals surface area contributed by atoms with Gasteiger partial charge in [0.25, 0.3) is 0 Å². The van der Waals surface area contributed by atoms with Crippen molar-refractivity contribution in [1.29, 1.82) is 0 Å². The molecule has 3 rings (SSSR count). The van der Waals surface area contributed by atoms with Crippen molar-refractivity contribution in [1.82, 2.24) is 15.5 Å². The lowest BCUT2D eigenvalue weighted by molar-refractivity contribution is 0.291. The molecule has 1 aliphatic heterocycles. The van der Waals surface area contributed by atoms with Crippen molar-refractivity contribution in [2.24, 2.45) is 5.41 Å². The van der Waals surface area contributed by atoms with Gasteiger partial charge in [0.1, 0.15) is 0 Å². The Morgan fingerprint density at radius 1 is 1.36 bits per heavy atom. The van der Waals surface area contributed by atoms with Crippen LogP contribution in [-0.2, 0) is 0 Å². The Balaban J connectivity index is 1.91. The molecule has 2 fully saturated rings. The molecule has 14 heavy (non-hydrogen) atoms. The van der Waals surface area contributed by atoms with Crippen molar-refractivity contribution in [2.75, 3.05) is 13.1 Å². The first-order valence-electron chi connectivity index (χ1n) is 5.61. The van der Waals surface area contributed by atoms with Crippen LogP contribution in [-0.4, -0.2) is 23.3 Å². The lowest BCUT2D eigenvalue weighted by Crippen LogP contribution is -2.25. The van der Waals surface area contributed by atoms with E-state index in [1.54, 1.807) is 0 Å². The lowest BCUT2D eigenvalue weighted by atomic mass is 9.75. The third-order valence-corrected chi connectivity index (χ3v) is 4.06. The number of rotatable bonds is 1. The van der Waals surface area contributed by atoms with Crippen molar-refractivity contribution in [3.63, 3.8) is 0 Å². The summed E-state index contributed by atoms with van der Waals surface area (Å²) in [4.78, 5) is 0. The number of aromatic nitrogens is 2. The molecule has 2 heterocycles. The van der Waals surface area contributed by atoms with E-state index in [0.29, 0.717) is 11.3 Å². The topological polar surface area (TPSA) is 40.7 Å². The highest BCUT2D eigenvalue weighted by atomic mass is 15.1. The SMILES string of the molecule is c1cc([C@H]2CNCC23CCCC3)[nH]n1. The number of H-pyrrole nitrogens is 1. The predicted octanol–water partition coefficient (Wildman–Crippen LogP) is 1.66. The zero-order valence-corrected chi connectivity index (χ0v) is 8.42. The molecule has 1 spiro atoms. The molecule has 1 atom stereocenters. The van der Waals surface area contributed by atoms with E-state index in [0.717, 1.165) is 6.54 Å². The monoisotopic (exact) mass is 191 g/mol. The first kappa shape index (κ1) is 8.48. The summed E-state index contributed by atoms with van der Waals surface area (Å²) in [5.41, 5.74) is 1.88. The van der Waals surface area contributed by atoms with Crippen LogP contribution >= 0.6 is 0 Å². The van der Waals surface area contributed by atoms with Crippen molar-refractivity contribution < 1.29 is 0 Å². The number of hydrogen-bond donors (Lipinski definition) is 2. The molecule has 76 valence electrons. The summed E-state index contributed by atoms with van der Waals surface area (Å²) in [7, 11) is 0. The van der Waals surface area contributed by atoms with Gasteiger partial charge in [-0.15, -0.1) is 0 Å². The van der Waals surface area contributed by atoms with Gasteiger partial charge in [0.15, 0.2) is 0 Å². The smallest absolute Gasteiger partial charge is 0.0490 e. The van der Waals surface area contributed by atoms with Gasteiger partial charge < -0.3 is 5.32 Å². The number of hydrogen-bond acceptors (Lipinski definition) is 2. The normalized spacial score (nSPS) is 30.1. The Labute approximate surface area is 84.3 Å². The summed E-state index contributed by atoms with van der Waals surface area (Å²) in [6.07, 6.45) is 7.47. The maximum Gasteiger partial charge on any atom is 0.0490 e. The molecule has 1 saturated heterocycles. The van der Waals surface area contributed by atoms with Gasteiger partial charge in [-0.1, -0.05) is 12.8 Å². The Hall–Kier alpha value is -0.830. The van der Waals surface area contributed by atoms with Gasteiger partial charge in [-0.2, -0.15) is 5.10 Å². The van der Waals surface area contributed by atoms with Gasteiger partial charge in [-0.3, -0.25) is 5.10 Å². The van der Waals surface area contributed by atoms with E-state index in [1.807, 2.05) is 6.20 Å². The van der Waals surface area contributed by atoms with Crippen molar-refractivity contribution in [3.8, 4) is 0 Å². The van der Waals surface area contributed by atoms with E-state index in [2.05, 4.69) is 21.6 Å². The average molecular weight is 191 g/mol. The van der Waals surface area contributed by atoms with Crippen LogP contribution in [0.4, 0.5) is 0 Å². The Bertz CT molecular complexity index is 293. The molecule has 2 N–H and O–H groups in total. The molecular weight excluding hydrogens is 174 g/mol. The van der Waals surface area contributed by atoms with Crippen LogP contribution in [0.15, 0.2) is 12.3 Å². The number of nitrogens with zero attached hydrogens (tertiary/aromatic N) is 1. The molecule has 0 radical (unpaired) electrons. The minimum atomic E-state index is 0.548. The van der Waals surface area contributed by atoms with Gasteiger partial charge in [0.05, 0.1) is 0 Å². The van der Waals surface area contributed by atoms with Crippen LogP contribution in [0.25, 0.3) is 0 Å². The highest BCUT2D eigenvalue weighted by Gasteiger charge is 2.45. The maximum absolute atomic E-state index is 4.07. The highest BCUT2D eigenvalue weighted by molar-refractivity contribution is 5.16. The molecule has 0 aromatic carbocycles. The van der Waals surface area contributed by atoms with E-state index in [4.69, 9.17) is 0 Å². The summed E-state index contributed by atoms with van der Waals surface area (Å²) in [5, 5.41) is 10.8. The van der Waals surface area contributed by atoms with Crippen LogP contribution in [0, 0.1) is 5.41 Å².